The van der Waals surface area contributed by atoms with Crippen molar-refractivity contribution in [2.45, 2.75) is 51.5 Å². The molecule has 0 saturated heterocycles. The third-order valence-electron chi connectivity index (χ3n) is 5.44. The predicted molar refractivity (Wildman–Crippen MR) is 111 cm³/mol. The molecule has 1 aliphatic carbocycles. The van der Waals surface area contributed by atoms with Gasteiger partial charge in [-0.05, 0) is 47.6 Å². The Bertz CT molecular complexity index is 963. The number of hydrogen-bond acceptors (Lipinski definition) is 1. The lowest BCUT2D eigenvalue weighted by Crippen LogP contribution is -2.41. The number of benzene rings is 2. The Labute approximate surface area is 160 Å². The van der Waals surface area contributed by atoms with Crippen LogP contribution in [0, 0.1) is 0 Å². The number of anilines is 1. The molecule has 4 nitrogen and oxygen atoms in total. The predicted octanol–water partition coefficient (Wildman–Crippen LogP) is 5.14. The maximum atomic E-state index is 12.4. The third kappa shape index (κ3) is 3.70. The molecule has 27 heavy (non-hydrogen) atoms. The van der Waals surface area contributed by atoms with E-state index in [4.69, 9.17) is 0 Å². The smallest absolute Gasteiger partial charge is 0.319 e. The molecular weight excluding hydrogens is 334 g/mol. The molecule has 4 heteroatoms. The van der Waals surface area contributed by atoms with Gasteiger partial charge < -0.3 is 15.6 Å². The normalized spacial score (nSPS) is 16.8. The van der Waals surface area contributed by atoms with Crippen LogP contribution in [0.2, 0.25) is 0 Å². The van der Waals surface area contributed by atoms with Crippen molar-refractivity contribution in [1.29, 1.82) is 0 Å². The number of para-hydroxylation sites is 1. The van der Waals surface area contributed by atoms with Gasteiger partial charge >= 0.3 is 6.03 Å². The van der Waals surface area contributed by atoms with Crippen molar-refractivity contribution in [2.24, 2.45) is 0 Å². The fourth-order valence-electron chi connectivity index (χ4n) is 3.91. The van der Waals surface area contributed by atoms with Crippen LogP contribution in [0.4, 0.5) is 10.5 Å². The van der Waals surface area contributed by atoms with E-state index in [-0.39, 0.29) is 17.5 Å². The van der Waals surface area contributed by atoms with Crippen LogP contribution in [0.25, 0.3) is 10.9 Å². The second-order valence-corrected chi connectivity index (χ2v) is 8.49. The van der Waals surface area contributed by atoms with E-state index in [9.17, 15) is 4.79 Å². The van der Waals surface area contributed by atoms with E-state index in [1.54, 1.807) is 0 Å². The van der Waals surface area contributed by atoms with Gasteiger partial charge in [-0.25, -0.2) is 4.79 Å². The van der Waals surface area contributed by atoms with Crippen molar-refractivity contribution in [1.82, 2.24) is 10.3 Å². The lowest BCUT2D eigenvalue weighted by Gasteiger charge is -2.24. The molecule has 3 aromatic rings. The molecule has 0 aliphatic heterocycles. The molecule has 4 rings (SSSR count). The molecule has 1 unspecified atom stereocenters. The van der Waals surface area contributed by atoms with Crippen LogP contribution in [-0.2, 0) is 18.3 Å². The van der Waals surface area contributed by atoms with E-state index in [0.717, 1.165) is 24.9 Å². The molecule has 0 saturated carbocycles. The number of amides is 2. The number of hydrogen-bond donors (Lipinski definition) is 3. The van der Waals surface area contributed by atoms with Gasteiger partial charge in [0.2, 0.25) is 0 Å². The summed E-state index contributed by atoms with van der Waals surface area (Å²) in [6, 6.07) is 16.5. The molecule has 0 spiro atoms. The molecule has 3 N–H and O–H groups in total. The first-order valence-electron chi connectivity index (χ1n) is 9.67. The molecule has 2 aromatic carbocycles. The Hall–Kier alpha value is -2.75. The zero-order valence-corrected chi connectivity index (χ0v) is 16.2. The van der Waals surface area contributed by atoms with Gasteiger partial charge in [-0.2, -0.15) is 0 Å². The molecular formula is C23H27N3O. The number of aromatic nitrogens is 1. The third-order valence-corrected chi connectivity index (χ3v) is 5.44. The molecule has 1 aromatic heterocycles. The average Bonchev–Trinajstić information content (AvgIpc) is 2.99. The van der Waals surface area contributed by atoms with Gasteiger partial charge in [0.25, 0.3) is 0 Å². The number of carbonyl (C=O) groups excluding carboxylic acids is 1. The van der Waals surface area contributed by atoms with Gasteiger partial charge in [-0.15, -0.1) is 0 Å². The molecule has 2 amide bonds. The Morgan fingerprint density at radius 1 is 1.07 bits per heavy atom. The Balaban J connectivity index is 1.39. The molecule has 0 radical (unpaired) electrons. The van der Waals surface area contributed by atoms with Crippen LogP contribution in [0.1, 0.15) is 44.0 Å². The second kappa shape index (κ2) is 6.76. The summed E-state index contributed by atoms with van der Waals surface area (Å²) in [6.45, 7) is 6.55. The summed E-state index contributed by atoms with van der Waals surface area (Å²) in [4.78, 5) is 15.9. The second-order valence-electron chi connectivity index (χ2n) is 8.49. The zero-order chi connectivity index (χ0) is 19.0. The molecule has 1 heterocycles. The van der Waals surface area contributed by atoms with Gasteiger partial charge in [0.1, 0.15) is 0 Å². The number of nitrogens with one attached hydrogen (secondary N) is 3. The number of fused-ring (bicyclic) bond motifs is 3. The fourth-order valence-corrected chi connectivity index (χ4v) is 3.91. The highest BCUT2D eigenvalue weighted by Gasteiger charge is 2.23. The van der Waals surface area contributed by atoms with E-state index >= 15 is 0 Å². The van der Waals surface area contributed by atoms with E-state index in [1.165, 1.54) is 27.7 Å². The van der Waals surface area contributed by atoms with Gasteiger partial charge in [-0.3, -0.25) is 0 Å². The molecule has 1 atom stereocenters. The number of carbonyl (C=O) groups is 1. The lowest BCUT2D eigenvalue weighted by molar-refractivity contribution is 0.247. The van der Waals surface area contributed by atoms with Crippen LogP contribution in [-0.4, -0.2) is 17.1 Å². The number of aromatic amines is 1. The van der Waals surface area contributed by atoms with Crippen molar-refractivity contribution in [3.8, 4) is 0 Å². The summed E-state index contributed by atoms with van der Waals surface area (Å²) in [5.74, 6) is 0. The highest BCUT2D eigenvalue weighted by atomic mass is 16.2. The fraction of sp³-hybridized carbons (Fsp3) is 0.348. The zero-order valence-electron chi connectivity index (χ0n) is 16.2. The van der Waals surface area contributed by atoms with Crippen LogP contribution >= 0.6 is 0 Å². The summed E-state index contributed by atoms with van der Waals surface area (Å²) >= 11 is 0. The molecule has 0 bridgehead atoms. The number of aryl methyl sites for hydroxylation is 1. The summed E-state index contributed by atoms with van der Waals surface area (Å²) in [5, 5.41) is 7.40. The highest BCUT2D eigenvalue weighted by molar-refractivity contribution is 5.89. The first kappa shape index (κ1) is 17.7. The Morgan fingerprint density at radius 2 is 1.81 bits per heavy atom. The largest absolute Gasteiger partial charge is 0.358 e. The SMILES string of the molecule is CC(C)(C)c1ccc(NC(=O)NC2CCc3c([nH]c4ccccc34)C2)cc1. The minimum absolute atomic E-state index is 0.111. The van der Waals surface area contributed by atoms with Crippen LogP contribution in [0.5, 0.6) is 0 Å². The monoisotopic (exact) mass is 361 g/mol. The first-order valence-corrected chi connectivity index (χ1v) is 9.67. The molecule has 0 fully saturated rings. The summed E-state index contributed by atoms with van der Waals surface area (Å²) in [7, 11) is 0. The molecule has 1 aliphatic rings. The topological polar surface area (TPSA) is 56.9 Å². The number of rotatable bonds is 2. The van der Waals surface area contributed by atoms with E-state index in [2.05, 4.69) is 72.8 Å². The quantitative estimate of drug-likeness (QED) is 0.581. The van der Waals surface area contributed by atoms with Crippen molar-refractivity contribution in [2.75, 3.05) is 5.32 Å². The first-order chi connectivity index (χ1) is 12.9. The van der Waals surface area contributed by atoms with E-state index in [0.29, 0.717) is 0 Å². The minimum atomic E-state index is -0.136. The summed E-state index contributed by atoms with van der Waals surface area (Å²) < 4.78 is 0. The maximum absolute atomic E-state index is 12.4. The maximum Gasteiger partial charge on any atom is 0.319 e. The van der Waals surface area contributed by atoms with Crippen LogP contribution < -0.4 is 10.6 Å². The van der Waals surface area contributed by atoms with Crippen molar-refractivity contribution in [3.63, 3.8) is 0 Å². The minimum Gasteiger partial charge on any atom is -0.358 e. The van der Waals surface area contributed by atoms with Gasteiger partial charge in [0.15, 0.2) is 0 Å². The molecule has 140 valence electrons. The van der Waals surface area contributed by atoms with Gasteiger partial charge in [0, 0.05) is 34.7 Å². The van der Waals surface area contributed by atoms with Crippen molar-refractivity contribution >= 4 is 22.6 Å². The summed E-state index contributed by atoms with van der Waals surface area (Å²) in [6.07, 6.45) is 2.80. The van der Waals surface area contributed by atoms with E-state index in [1.807, 2.05) is 12.1 Å². The lowest BCUT2D eigenvalue weighted by atomic mass is 9.87. The highest BCUT2D eigenvalue weighted by Crippen LogP contribution is 2.29. The summed E-state index contributed by atoms with van der Waals surface area (Å²) in [5.41, 5.74) is 6.03. The number of H-pyrrole nitrogens is 1. The van der Waals surface area contributed by atoms with Gasteiger partial charge in [0.05, 0.1) is 0 Å². The van der Waals surface area contributed by atoms with Crippen LogP contribution in [0.15, 0.2) is 48.5 Å². The average molecular weight is 361 g/mol. The Kier molecular flexibility index (Phi) is 4.42. The van der Waals surface area contributed by atoms with Gasteiger partial charge in [-0.1, -0.05) is 51.1 Å². The van der Waals surface area contributed by atoms with Crippen LogP contribution in [0.3, 0.4) is 0 Å². The van der Waals surface area contributed by atoms with E-state index < -0.39 is 0 Å². The van der Waals surface area contributed by atoms with Crippen molar-refractivity contribution in [3.05, 3.63) is 65.4 Å². The Morgan fingerprint density at radius 3 is 2.56 bits per heavy atom. The van der Waals surface area contributed by atoms with Crippen molar-refractivity contribution < 1.29 is 4.79 Å². The number of urea groups is 1. The standard InChI is InChI=1S/C23H27N3O/c1-23(2,3)15-8-10-16(11-9-15)24-22(27)25-17-12-13-19-18-6-4-5-7-20(18)26-21(19)14-17/h4-11,17,26H,12-14H2,1-3H3,(H2,24,25,27).